The van der Waals surface area contributed by atoms with E-state index in [0.717, 1.165) is 22.0 Å². The Bertz CT molecular complexity index is 1350. The quantitative estimate of drug-likeness (QED) is 0.358. The number of ether oxygens (including phenoxy) is 1. The number of carbonyl (C=O) groups is 2. The molecule has 8 nitrogen and oxygen atoms in total. The van der Waals surface area contributed by atoms with E-state index in [0.29, 0.717) is 12.2 Å². The molecule has 3 rings (SSSR count). The molecule has 1 N–H and O–H groups in total. The standard InChI is InChI=1S/C29H34FN3O5S/c1-5-21(2)31-29(35)22(3)32(19-23-11-17-26(38-4)18-12-23)28(34)20-33(25-15-13-24(30)14-16-25)39(36,37)27-9-7-6-8-10-27/h6-18,21-22H,5,19-20H2,1-4H3,(H,31,35). The Kier molecular flexibility index (Phi) is 10.1. The van der Waals surface area contributed by atoms with Crippen LogP contribution in [0.4, 0.5) is 10.1 Å². The third-order valence-corrected chi connectivity index (χ3v) is 8.19. The summed E-state index contributed by atoms with van der Waals surface area (Å²) in [5.74, 6) is -0.860. The van der Waals surface area contributed by atoms with Gasteiger partial charge in [0.2, 0.25) is 11.8 Å². The zero-order chi connectivity index (χ0) is 28.6. The fraction of sp³-hybridized carbons (Fsp3) is 0.310. The van der Waals surface area contributed by atoms with E-state index >= 15 is 0 Å². The van der Waals surface area contributed by atoms with Crippen molar-refractivity contribution in [1.29, 1.82) is 0 Å². The monoisotopic (exact) mass is 555 g/mol. The Labute approximate surface area is 229 Å². The van der Waals surface area contributed by atoms with Gasteiger partial charge in [0.25, 0.3) is 10.0 Å². The van der Waals surface area contributed by atoms with Crippen LogP contribution in [0.25, 0.3) is 0 Å². The highest BCUT2D eigenvalue weighted by molar-refractivity contribution is 7.92. The number of methoxy groups -OCH3 is 1. The summed E-state index contributed by atoms with van der Waals surface area (Å²) in [6.45, 7) is 4.86. The smallest absolute Gasteiger partial charge is 0.264 e. The van der Waals surface area contributed by atoms with E-state index in [1.165, 1.54) is 29.2 Å². The van der Waals surface area contributed by atoms with E-state index in [2.05, 4.69) is 5.32 Å². The minimum atomic E-state index is -4.20. The Balaban J connectivity index is 2.00. The van der Waals surface area contributed by atoms with Crippen LogP contribution in [0, 0.1) is 5.82 Å². The lowest BCUT2D eigenvalue weighted by Crippen LogP contribution is -2.52. The Morgan fingerprint density at radius 1 is 0.949 bits per heavy atom. The van der Waals surface area contributed by atoms with Crippen LogP contribution in [-0.4, -0.2) is 50.9 Å². The first kappa shape index (κ1) is 29.6. The average Bonchev–Trinajstić information content (AvgIpc) is 2.95. The van der Waals surface area contributed by atoms with Crippen LogP contribution in [0.2, 0.25) is 0 Å². The second-order valence-corrected chi connectivity index (χ2v) is 11.0. The summed E-state index contributed by atoms with van der Waals surface area (Å²) in [6, 6.07) is 18.6. The highest BCUT2D eigenvalue weighted by Gasteiger charge is 2.32. The van der Waals surface area contributed by atoms with E-state index < -0.39 is 34.3 Å². The van der Waals surface area contributed by atoms with Crippen LogP contribution in [0.1, 0.15) is 32.8 Å². The van der Waals surface area contributed by atoms with Crippen molar-refractivity contribution in [2.24, 2.45) is 0 Å². The third-order valence-electron chi connectivity index (χ3n) is 6.40. The van der Waals surface area contributed by atoms with Gasteiger partial charge in [0, 0.05) is 12.6 Å². The molecule has 2 unspecified atom stereocenters. The molecule has 0 bridgehead atoms. The molecule has 0 fully saturated rings. The normalized spacial score (nSPS) is 12.7. The first-order valence-corrected chi connectivity index (χ1v) is 14.1. The Morgan fingerprint density at radius 3 is 2.13 bits per heavy atom. The summed E-state index contributed by atoms with van der Waals surface area (Å²) in [4.78, 5) is 28.2. The van der Waals surface area contributed by atoms with E-state index in [1.807, 2.05) is 13.8 Å². The first-order chi connectivity index (χ1) is 18.6. The third kappa shape index (κ3) is 7.57. The molecular weight excluding hydrogens is 521 g/mol. The summed E-state index contributed by atoms with van der Waals surface area (Å²) < 4.78 is 47.2. The molecule has 0 spiro atoms. The topological polar surface area (TPSA) is 96.0 Å². The highest BCUT2D eigenvalue weighted by atomic mass is 32.2. The summed E-state index contributed by atoms with van der Waals surface area (Å²) >= 11 is 0. The van der Waals surface area contributed by atoms with Crippen molar-refractivity contribution in [2.75, 3.05) is 18.0 Å². The molecule has 0 radical (unpaired) electrons. The zero-order valence-corrected chi connectivity index (χ0v) is 23.3. The van der Waals surface area contributed by atoms with Crippen LogP contribution < -0.4 is 14.4 Å². The van der Waals surface area contributed by atoms with Gasteiger partial charge in [-0.25, -0.2) is 12.8 Å². The summed E-state index contributed by atoms with van der Waals surface area (Å²) in [6.07, 6.45) is 0.707. The molecule has 0 aliphatic carbocycles. The second-order valence-electron chi connectivity index (χ2n) is 9.16. The number of halogens is 1. The molecule has 0 aromatic heterocycles. The molecule has 2 amide bonds. The molecule has 208 valence electrons. The van der Waals surface area contributed by atoms with Crippen molar-refractivity contribution in [3.05, 3.63) is 90.2 Å². The van der Waals surface area contributed by atoms with Crippen LogP contribution in [0.15, 0.2) is 83.8 Å². The van der Waals surface area contributed by atoms with E-state index in [1.54, 1.807) is 56.5 Å². The molecule has 0 aliphatic rings. The van der Waals surface area contributed by atoms with Gasteiger partial charge >= 0.3 is 0 Å². The number of hydrogen-bond acceptors (Lipinski definition) is 5. The lowest BCUT2D eigenvalue weighted by Gasteiger charge is -2.32. The lowest BCUT2D eigenvalue weighted by molar-refractivity contribution is -0.139. The van der Waals surface area contributed by atoms with Gasteiger partial charge in [-0.05, 0) is 74.4 Å². The number of anilines is 1. The fourth-order valence-electron chi connectivity index (χ4n) is 3.83. The van der Waals surface area contributed by atoms with Crippen molar-refractivity contribution in [2.45, 2.75) is 50.7 Å². The molecule has 0 saturated heterocycles. The van der Waals surface area contributed by atoms with Crippen molar-refractivity contribution in [3.63, 3.8) is 0 Å². The number of sulfonamides is 1. The van der Waals surface area contributed by atoms with Crippen LogP contribution in [0.3, 0.4) is 0 Å². The van der Waals surface area contributed by atoms with Crippen molar-refractivity contribution in [1.82, 2.24) is 10.2 Å². The first-order valence-electron chi connectivity index (χ1n) is 12.6. The lowest BCUT2D eigenvalue weighted by atomic mass is 10.1. The van der Waals surface area contributed by atoms with Gasteiger partial charge in [-0.15, -0.1) is 0 Å². The molecule has 3 aromatic carbocycles. The molecule has 39 heavy (non-hydrogen) atoms. The van der Waals surface area contributed by atoms with E-state index in [9.17, 15) is 22.4 Å². The number of nitrogens with one attached hydrogen (secondary N) is 1. The summed E-state index contributed by atoms with van der Waals surface area (Å²) in [5.41, 5.74) is 0.848. The fourth-order valence-corrected chi connectivity index (χ4v) is 5.27. The van der Waals surface area contributed by atoms with Gasteiger partial charge in [-0.3, -0.25) is 13.9 Å². The van der Waals surface area contributed by atoms with E-state index in [-0.39, 0.29) is 29.1 Å². The summed E-state index contributed by atoms with van der Waals surface area (Å²) in [5, 5.41) is 2.89. The largest absolute Gasteiger partial charge is 0.497 e. The Hall–Kier alpha value is -3.92. The van der Waals surface area contributed by atoms with Gasteiger partial charge < -0.3 is 15.0 Å². The predicted octanol–water partition coefficient (Wildman–Crippen LogP) is 4.36. The van der Waals surface area contributed by atoms with E-state index in [4.69, 9.17) is 4.74 Å². The Morgan fingerprint density at radius 2 is 1.56 bits per heavy atom. The van der Waals surface area contributed by atoms with Crippen molar-refractivity contribution in [3.8, 4) is 5.75 Å². The van der Waals surface area contributed by atoms with Crippen LogP contribution >= 0.6 is 0 Å². The SMILES string of the molecule is CCC(C)NC(=O)C(C)N(Cc1ccc(OC)cc1)C(=O)CN(c1ccc(F)cc1)S(=O)(=O)c1ccccc1. The maximum absolute atomic E-state index is 13.8. The molecule has 0 saturated carbocycles. The number of benzene rings is 3. The predicted molar refractivity (Wildman–Crippen MR) is 148 cm³/mol. The maximum Gasteiger partial charge on any atom is 0.264 e. The number of carbonyl (C=O) groups excluding carboxylic acids is 2. The van der Waals surface area contributed by atoms with Gasteiger partial charge in [0.1, 0.15) is 24.2 Å². The molecule has 10 heteroatoms. The maximum atomic E-state index is 13.8. The van der Waals surface area contributed by atoms with Gasteiger partial charge in [-0.2, -0.15) is 0 Å². The minimum Gasteiger partial charge on any atom is -0.497 e. The zero-order valence-electron chi connectivity index (χ0n) is 22.5. The molecular formula is C29H34FN3O5S. The van der Waals surface area contributed by atoms with Gasteiger partial charge in [0.15, 0.2) is 0 Å². The molecule has 0 aliphatic heterocycles. The van der Waals surface area contributed by atoms with Gasteiger partial charge in [0.05, 0.1) is 17.7 Å². The number of nitrogens with zero attached hydrogens (tertiary/aromatic N) is 2. The number of rotatable bonds is 12. The summed E-state index contributed by atoms with van der Waals surface area (Å²) in [7, 11) is -2.66. The van der Waals surface area contributed by atoms with Gasteiger partial charge in [-0.1, -0.05) is 37.3 Å². The van der Waals surface area contributed by atoms with Crippen molar-refractivity contribution >= 4 is 27.5 Å². The number of amides is 2. The molecule has 0 heterocycles. The molecule has 3 aromatic rings. The van der Waals surface area contributed by atoms with Crippen LogP contribution in [-0.2, 0) is 26.2 Å². The second kappa shape index (κ2) is 13.2. The van der Waals surface area contributed by atoms with Crippen molar-refractivity contribution < 1.29 is 27.1 Å². The molecule has 2 atom stereocenters. The minimum absolute atomic E-state index is 0.0219. The highest BCUT2D eigenvalue weighted by Crippen LogP contribution is 2.25. The average molecular weight is 556 g/mol. The van der Waals surface area contributed by atoms with Crippen LogP contribution in [0.5, 0.6) is 5.75 Å². The number of hydrogen-bond donors (Lipinski definition) is 1.